The minimum atomic E-state index is -1.52. The molecule has 28 heavy (non-hydrogen) atoms. The number of hydrogen-bond acceptors (Lipinski definition) is 4. The molecule has 0 saturated heterocycles. The van der Waals surface area contributed by atoms with Gasteiger partial charge in [0.15, 0.2) is 6.10 Å². The standard InChI is InChI=1S/C22H26N2O4/c25-19(14-13-17-9-3-1-4-10-17)23-15-7-8-16-24-22(28)21(27)20(26)18-11-5-2-6-12-18/h1-6,9-14,20-21,26-27H,7-8,15-16H2,(H,23,25)(H,24,28)/b14-13+. The van der Waals surface area contributed by atoms with E-state index in [1.807, 2.05) is 30.3 Å². The average molecular weight is 382 g/mol. The molecule has 0 fully saturated rings. The zero-order chi connectivity index (χ0) is 20.2. The fourth-order valence-electron chi connectivity index (χ4n) is 2.55. The van der Waals surface area contributed by atoms with Crippen molar-refractivity contribution >= 4 is 17.9 Å². The Morgan fingerprint density at radius 3 is 2.07 bits per heavy atom. The van der Waals surface area contributed by atoms with Crippen molar-refractivity contribution in [1.29, 1.82) is 0 Å². The Kier molecular flexibility index (Phi) is 8.91. The van der Waals surface area contributed by atoms with Crippen LogP contribution in [0.25, 0.3) is 6.08 Å². The van der Waals surface area contributed by atoms with Gasteiger partial charge < -0.3 is 20.8 Å². The summed E-state index contributed by atoms with van der Waals surface area (Å²) in [4.78, 5) is 23.6. The minimum Gasteiger partial charge on any atom is -0.385 e. The van der Waals surface area contributed by atoms with E-state index in [1.54, 1.807) is 36.4 Å². The molecular formula is C22H26N2O4. The summed E-state index contributed by atoms with van der Waals surface area (Å²) in [5, 5.41) is 25.3. The summed E-state index contributed by atoms with van der Waals surface area (Å²) in [6, 6.07) is 18.1. The van der Waals surface area contributed by atoms with E-state index in [-0.39, 0.29) is 5.91 Å². The van der Waals surface area contributed by atoms with E-state index in [9.17, 15) is 19.8 Å². The molecule has 4 N–H and O–H groups in total. The van der Waals surface area contributed by atoms with E-state index in [1.165, 1.54) is 6.08 Å². The summed E-state index contributed by atoms with van der Waals surface area (Å²) in [6.45, 7) is 0.843. The first-order chi connectivity index (χ1) is 13.6. The van der Waals surface area contributed by atoms with Crippen molar-refractivity contribution in [2.24, 2.45) is 0 Å². The smallest absolute Gasteiger partial charge is 0.251 e. The number of hydrogen-bond donors (Lipinski definition) is 4. The molecule has 2 rings (SSSR count). The van der Waals surface area contributed by atoms with Crippen molar-refractivity contribution in [3.8, 4) is 0 Å². The Bertz CT molecular complexity index is 763. The van der Waals surface area contributed by atoms with Gasteiger partial charge in [-0.05, 0) is 30.0 Å². The first kappa shape index (κ1) is 21.3. The van der Waals surface area contributed by atoms with Crippen LogP contribution in [0.4, 0.5) is 0 Å². The van der Waals surface area contributed by atoms with Crippen LogP contribution in [0.1, 0.15) is 30.1 Å². The normalized spacial score (nSPS) is 13.1. The van der Waals surface area contributed by atoms with Gasteiger partial charge in [0.2, 0.25) is 5.91 Å². The number of carbonyl (C=O) groups excluding carboxylic acids is 2. The van der Waals surface area contributed by atoms with Crippen molar-refractivity contribution in [2.75, 3.05) is 13.1 Å². The van der Waals surface area contributed by atoms with Crippen LogP contribution in [0.3, 0.4) is 0 Å². The lowest BCUT2D eigenvalue weighted by atomic mass is 10.0. The predicted molar refractivity (Wildman–Crippen MR) is 108 cm³/mol. The van der Waals surface area contributed by atoms with Crippen LogP contribution in [-0.2, 0) is 9.59 Å². The summed E-state index contributed by atoms with van der Waals surface area (Å²) in [6.07, 6.45) is 1.76. The molecule has 0 bridgehead atoms. The molecule has 6 heteroatoms. The largest absolute Gasteiger partial charge is 0.385 e. The lowest BCUT2D eigenvalue weighted by molar-refractivity contribution is -0.135. The number of amides is 2. The second-order valence-corrected chi connectivity index (χ2v) is 6.33. The third-order valence-electron chi connectivity index (χ3n) is 4.14. The van der Waals surface area contributed by atoms with Gasteiger partial charge in [-0.1, -0.05) is 60.7 Å². The third-order valence-corrected chi connectivity index (χ3v) is 4.14. The molecule has 0 aromatic heterocycles. The molecule has 0 aliphatic heterocycles. The number of nitrogens with one attached hydrogen (secondary N) is 2. The quantitative estimate of drug-likeness (QED) is 0.372. The maximum atomic E-state index is 11.9. The maximum Gasteiger partial charge on any atom is 0.251 e. The highest BCUT2D eigenvalue weighted by molar-refractivity contribution is 5.91. The Hall–Kier alpha value is -2.96. The van der Waals surface area contributed by atoms with E-state index in [0.29, 0.717) is 31.5 Å². The molecule has 2 amide bonds. The number of aliphatic hydroxyl groups is 2. The van der Waals surface area contributed by atoms with Crippen LogP contribution in [0.2, 0.25) is 0 Å². The highest BCUT2D eigenvalue weighted by Gasteiger charge is 2.24. The van der Waals surface area contributed by atoms with Crippen molar-refractivity contribution in [1.82, 2.24) is 10.6 Å². The number of unbranched alkanes of at least 4 members (excludes halogenated alkanes) is 1. The van der Waals surface area contributed by atoms with E-state index < -0.39 is 18.1 Å². The zero-order valence-electron chi connectivity index (χ0n) is 15.6. The summed E-state index contributed by atoms with van der Waals surface area (Å²) in [5.74, 6) is -0.791. The van der Waals surface area contributed by atoms with Crippen LogP contribution in [-0.4, -0.2) is 41.2 Å². The van der Waals surface area contributed by atoms with Gasteiger partial charge in [0.25, 0.3) is 5.91 Å². The molecule has 2 aromatic rings. The maximum absolute atomic E-state index is 11.9. The topological polar surface area (TPSA) is 98.7 Å². The molecule has 6 nitrogen and oxygen atoms in total. The van der Waals surface area contributed by atoms with Crippen molar-refractivity contribution in [2.45, 2.75) is 25.0 Å². The first-order valence-electron chi connectivity index (χ1n) is 9.27. The van der Waals surface area contributed by atoms with Gasteiger partial charge in [0, 0.05) is 19.2 Å². The molecule has 0 radical (unpaired) electrons. The molecular weight excluding hydrogens is 356 g/mol. The second kappa shape index (κ2) is 11.7. The molecule has 148 valence electrons. The number of carbonyl (C=O) groups is 2. The predicted octanol–water partition coefficient (Wildman–Crippen LogP) is 1.81. The highest BCUT2D eigenvalue weighted by Crippen LogP contribution is 2.16. The van der Waals surface area contributed by atoms with Gasteiger partial charge in [-0.3, -0.25) is 9.59 Å². The van der Waals surface area contributed by atoms with Gasteiger partial charge in [0.1, 0.15) is 6.10 Å². The first-order valence-corrected chi connectivity index (χ1v) is 9.27. The molecule has 0 aliphatic rings. The van der Waals surface area contributed by atoms with Gasteiger partial charge in [-0.2, -0.15) is 0 Å². The number of rotatable bonds is 10. The summed E-state index contributed by atoms with van der Waals surface area (Å²) in [7, 11) is 0. The van der Waals surface area contributed by atoms with Crippen LogP contribution in [0, 0.1) is 0 Å². The van der Waals surface area contributed by atoms with Crippen LogP contribution in [0.15, 0.2) is 66.7 Å². The van der Waals surface area contributed by atoms with Crippen molar-refractivity contribution in [3.63, 3.8) is 0 Å². The molecule has 0 heterocycles. The Labute approximate surface area is 164 Å². The Morgan fingerprint density at radius 2 is 1.43 bits per heavy atom. The fourth-order valence-corrected chi connectivity index (χ4v) is 2.55. The van der Waals surface area contributed by atoms with Crippen LogP contribution in [0.5, 0.6) is 0 Å². The average Bonchev–Trinajstić information content (AvgIpc) is 2.74. The summed E-state index contributed by atoms with van der Waals surface area (Å²) < 4.78 is 0. The van der Waals surface area contributed by atoms with Crippen LogP contribution < -0.4 is 10.6 Å². The lowest BCUT2D eigenvalue weighted by Gasteiger charge is -2.17. The molecule has 2 unspecified atom stereocenters. The van der Waals surface area contributed by atoms with E-state index in [4.69, 9.17) is 0 Å². The van der Waals surface area contributed by atoms with Crippen molar-refractivity contribution in [3.05, 3.63) is 77.9 Å². The van der Waals surface area contributed by atoms with Crippen molar-refractivity contribution < 1.29 is 19.8 Å². The molecule has 2 aromatic carbocycles. The SMILES string of the molecule is O=C(/C=C/c1ccccc1)NCCCCNC(=O)C(O)C(O)c1ccccc1. The summed E-state index contributed by atoms with van der Waals surface area (Å²) >= 11 is 0. The van der Waals surface area contributed by atoms with Crippen LogP contribution >= 0.6 is 0 Å². The summed E-state index contributed by atoms with van der Waals surface area (Å²) in [5.41, 5.74) is 1.44. The molecule has 0 spiro atoms. The highest BCUT2D eigenvalue weighted by atomic mass is 16.3. The minimum absolute atomic E-state index is 0.172. The van der Waals surface area contributed by atoms with Gasteiger partial charge in [-0.15, -0.1) is 0 Å². The molecule has 0 saturated carbocycles. The van der Waals surface area contributed by atoms with Gasteiger partial charge in [-0.25, -0.2) is 0 Å². The zero-order valence-corrected chi connectivity index (χ0v) is 15.6. The monoisotopic (exact) mass is 382 g/mol. The Balaban J connectivity index is 1.59. The second-order valence-electron chi connectivity index (χ2n) is 6.33. The van der Waals surface area contributed by atoms with Gasteiger partial charge in [0.05, 0.1) is 0 Å². The lowest BCUT2D eigenvalue weighted by Crippen LogP contribution is -2.39. The number of aliphatic hydroxyl groups excluding tert-OH is 2. The van der Waals surface area contributed by atoms with E-state index in [0.717, 1.165) is 5.56 Å². The molecule has 0 aliphatic carbocycles. The number of benzene rings is 2. The van der Waals surface area contributed by atoms with E-state index in [2.05, 4.69) is 10.6 Å². The van der Waals surface area contributed by atoms with E-state index >= 15 is 0 Å². The molecule has 2 atom stereocenters. The fraction of sp³-hybridized carbons (Fsp3) is 0.273. The third kappa shape index (κ3) is 7.34. The Morgan fingerprint density at radius 1 is 0.857 bits per heavy atom. The van der Waals surface area contributed by atoms with Gasteiger partial charge >= 0.3 is 0 Å².